The van der Waals surface area contributed by atoms with E-state index in [1.54, 1.807) is 0 Å². The lowest BCUT2D eigenvalue weighted by molar-refractivity contribution is -0.687. The first kappa shape index (κ1) is 27.1. The smallest absolute Gasteiger partial charge is 0.214 e. The number of hydrogen-bond acceptors (Lipinski definition) is 1. The lowest BCUT2D eigenvalue weighted by atomic mass is 9.91. The molecule has 1 unspecified atom stereocenters. The fourth-order valence-corrected chi connectivity index (χ4v) is 7.88. The Bertz CT molecular complexity index is 2390. The molecule has 10 rings (SSSR count). The molecule has 3 heteroatoms. The molecule has 4 heterocycles. The van der Waals surface area contributed by atoms with Gasteiger partial charge in [-0.05, 0) is 70.3 Å². The van der Waals surface area contributed by atoms with Crippen molar-refractivity contribution in [3.05, 3.63) is 181 Å². The molecular formula is C45H33N3+2. The number of aryl methyl sites for hydroxylation is 1. The Morgan fingerprint density at radius 1 is 0.521 bits per heavy atom. The van der Waals surface area contributed by atoms with Crippen molar-refractivity contribution in [1.82, 2.24) is 0 Å². The maximum absolute atomic E-state index is 2.52. The van der Waals surface area contributed by atoms with Gasteiger partial charge in [0.15, 0.2) is 18.9 Å². The standard InChI is InChI=1S/C45H33N3/c1-4-12-31(13-5-1)33-22-25-46-26-24-37-36(42(46)28-33)18-10-20-40(37)48(35-16-8-3-9-17-35)41-21-11-19-38-43-29-34(32-14-6-2-7-15-32)23-27-47(43)44-30-39(44)45(38)41/h1-23,25,27-30,44H,24,26H2/q+2. The SMILES string of the molecule is C1=C2c3c(cccc3N(c3ccccc3)c3cccc4c3CC[n+]3ccc(-c5ccccc5)cc3-4)-c3cc(-c4ccccc4)cc[n+]3C12. The van der Waals surface area contributed by atoms with Crippen LogP contribution in [0.4, 0.5) is 17.1 Å². The van der Waals surface area contributed by atoms with Gasteiger partial charge in [0.25, 0.3) is 0 Å². The first-order valence-electron chi connectivity index (χ1n) is 16.8. The third kappa shape index (κ3) is 4.28. The Morgan fingerprint density at radius 3 is 1.88 bits per heavy atom. The highest BCUT2D eigenvalue weighted by molar-refractivity contribution is 6.00. The zero-order chi connectivity index (χ0) is 31.6. The Morgan fingerprint density at radius 2 is 1.15 bits per heavy atom. The van der Waals surface area contributed by atoms with Gasteiger partial charge in [0.05, 0.1) is 22.5 Å². The van der Waals surface area contributed by atoms with Crippen LogP contribution in [0.5, 0.6) is 0 Å². The van der Waals surface area contributed by atoms with E-state index in [0.717, 1.165) is 13.0 Å². The Labute approximate surface area is 281 Å². The van der Waals surface area contributed by atoms with Crippen LogP contribution >= 0.6 is 0 Å². The van der Waals surface area contributed by atoms with Gasteiger partial charge in [0.2, 0.25) is 17.4 Å². The Kier molecular flexibility index (Phi) is 6.07. The van der Waals surface area contributed by atoms with Crippen molar-refractivity contribution in [1.29, 1.82) is 0 Å². The second kappa shape index (κ2) is 10.8. The number of hydrogen-bond donors (Lipinski definition) is 0. The summed E-state index contributed by atoms with van der Waals surface area (Å²) in [6.45, 7) is 0.948. The molecule has 0 amide bonds. The van der Waals surface area contributed by atoms with Crippen LogP contribution in [-0.2, 0) is 13.0 Å². The summed E-state index contributed by atoms with van der Waals surface area (Å²) in [6, 6.07) is 55.6. The molecule has 7 aromatic rings. The average Bonchev–Trinajstić information content (AvgIpc) is 3.97. The summed E-state index contributed by atoms with van der Waals surface area (Å²) in [7, 11) is 0. The van der Waals surface area contributed by atoms with E-state index in [1.165, 1.54) is 78.5 Å². The van der Waals surface area contributed by atoms with E-state index in [-0.39, 0.29) is 0 Å². The van der Waals surface area contributed by atoms with Crippen molar-refractivity contribution in [2.24, 2.45) is 0 Å². The number of benzene rings is 5. The lowest BCUT2D eigenvalue weighted by Gasteiger charge is -2.32. The number of aromatic nitrogens is 2. The molecule has 226 valence electrons. The van der Waals surface area contributed by atoms with E-state index >= 15 is 0 Å². The molecule has 1 aliphatic carbocycles. The van der Waals surface area contributed by atoms with Crippen LogP contribution in [0.2, 0.25) is 0 Å². The van der Waals surface area contributed by atoms with E-state index in [1.807, 2.05) is 0 Å². The van der Waals surface area contributed by atoms with Crippen LogP contribution in [0, 0.1) is 0 Å². The topological polar surface area (TPSA) is 11.0 Å². The van der Waals surface area contributed by atoms with E-state index in [2.05, 4.69) is 184 Å². The van der Waals surface area contributed by atoms with Crippen LogP contribution in [0.1, 0.15) is 17.2 Å². The molecule has 0 fully saturated rings. The first-order valence-corrected chi connectivity index (χ1v) is 16.8. The molecule has 3 nitrogen and oxygen atoms in total. The number of para-hydroxylation sites is 1. The zero-order valence-electron chi connectivity index (χ0n) is 26.5. The number of rotatable bonds is 5. The minimum absolute atomic E-state index is 0.292. The molecule has 48 heavy (non-hydrogen) atoms. The number of fused-ring (bicyclic) bond motifs is 9. The summed E-state index contributed by atoms with van der Waals surface area (Å²) in [6.07, 6.45) is 7.91. The fraction of sp³-hybridized carbons (Fsp3) is 0.0667. The van der Waals surface area contributed by atoms with Gasteiger partial charge in [-0.3, -0.25) is 0 Å². The molecule has 0 bridgehead atoms. The molecule has 2 aromatic heterocycles. The number of pyridine rings is 2. The van der Waals surface area contributed by atoms with Crippen LogP contribution < -0.4 is 14.0 Å². The van der Waals surface area contributed by atoms with Crippen LogP contribution in [0.25, 0.3) is 50.3 Å². The van der Waals surface area contributed by atoms with Gasteiger partial charge in [0, 0.05) is 47.5 Å². The summed E-state index contributed by atoms with van der Waals surface area (Å²) in [4.78, 5) is 2.52. The number of allylic oxidation sites excluding steroid dienone is 2. The summed E-state index contributed by atoms with van der Waals surface area (Å²) in [5, 5.41) is 0. The average molecular weight is 616 g/mol. The second-order valence-electron chi connectivity index (χ2n) is 12.9. The third-order valence-corrected chi connectivity index (χ3v) is 10.2. The van der Waals surface area contributed by atoms with Crippen molar-refractivity contribution >= 4 is 22.6 Å². The summed E-state index contributed by atoms with van der Waals surface area (Å²) in [5.74, 6) is 0. The number of anilines is 3. The van der Waals surface area contributed by atoms with E-state index in [4.69, 9.17) is 0 Å². The molecule has 0 radical (unpaired) electrons. The minimum Gasteiger partial charge on any atom is -0.310 e. The van der Waals surface area contributed by atoms with Crippen molar-refractivity contribution in [2.45, 2.75) is 19.0 Å². The van der Waals surface area contributed by atoms with Gasteiger partial charge >= 0.3 is 0 Å². The van der Waals surface area contributed by atoms with Crippen molar-refractivity contribution in [3.8, 4) is 44.8 Å². The van der Waals surface area contributed by atoms with Gasteiger partial charge in [0.1, 0.15) is 0 Å². The van der Waals surface area contributed by atoms with Crippen LogP contribution in [-0.4, -0.2) is 0 Å². The molecule has 5 aromatic carbocycles. The zero-order valence-corrected chi connectivity index (χ0v) is 26.5. The minimum atomic E-state index is 0.292. The molecule has 1 atom stereocenters. The van der Waals surface area contributed by atoms with Gasteiger partial charge < -0.3 is 4.90 Å². The summed E-state index contributed by atoms with van der Waals surface area (Å²) >= 11 is 0. The van der Waals surface area contributed by atoms with Crippen LogP contribution in [0.3, 0.4) is 0 Å². The van der Waals surface area contributed by atoms with Crippen molar-refractivity contribution in [2.75, 3.05) is 4.90 Å². The second-order valence-corrected chi connectivity index (χ2v) is 12.9. The summed E-state index contributed by atoms with van der Waals surface area (Å²) in [5.41, 5.74) is 17.9. The molecule has 3 aliphatic rings. The molecule has 0 spiro atoms. The summed E-state index contributed by atoms with van der Waals surface area (Å²) < 4.78 is 4.84. The van der Waals surface area contributed by atoms with Crippen molar-refractivity contribution < 1.29 is 9.13 Å². The maximum atomic E-state index is 2.52. The van der Waals surface area contributed by atoms with E-state index in [9.17, 15) is 0 Å². The highest BCUT2D eigenvalue weighted by atomic mass is 15.2. The third-order valence-electron chi connectivity index (χ3n) is 10.2. The highest BCUT2D eigenvalue weighted by Gasteiger charge is 2.46. The molecule has 0 saturated carbocycles. The van der Waals surface area contributed by atoms with Gasteiger partial charge in [-0.1, -0.05) is 91.0 Å². The normalized spacial score (nSPS) is 14.8. The highest BCUT2D eigenvalue weighted by Crippen LogP contribution is 2.54. The van der Waals surface area contributed by atoms with Crippen molar-refractivity contribution in [3.63, 3.8) is 0 Å². The van der Waals surface area contributed by atoms with Gasteiger partial charge in [-0.15, -0.1) is 0 Å². The lowest BCUT2D eigenvalue weighted by Crippen LogP contribution is -2.40. The van der Waals surface area contributed by atoms with E-state index in [0.29, 0.717) is 6.04 Å². The Balaban J connectivity index is 1.16. The predicted molar refractivity (Wildman–Crippen MR) is 194 cm³/mol. The fourth-order valence-electron chi connectivity index (χ4n) is 7.88. The monoisotopic (exact) mass is 615 g/mol. The van der Waals surface area contributed by atoms with Gasteiger partial charge in [-0.25, -0.2) is 0 Å². The quantitative estimate of drug-likeness (QED) is 0.175. The molecule has 0 saturated heterocycles. The maximum Gasteiger partial charge on any atom is 0.214 e. The molecule has 2 aliphatic heterocycles. The number of nitrogens with zero attached hydrogens (tertiary/aromatic N) is 3. The Hall–Kier alpha value is -6.06. The first-order chi connectivity index (χ1) is 23.8. The van der Waals surface area contributed by atoms with Gasteiger partial charge in [-0.2, -0.15) is 9.13 Å². The molecule has 0 N–H and O–H groups in total. The largest absolute Gasteiger partial charge is 0.310 e. The van der Waals surface area contributed by atoms with E-state index < -0.39 is 0 Å². The predicted octanol–water partition coefficient (Wildman–Crippen LogP) is 9.91. The molecular weight excluding hydrogens is 583 g/mol. The van der Waals surface area contributed by atoms with Crippen LogP contribution in [0.15, 0.2) is 170 Å².